The highest BCUT2D eigenvalue weighted by Gasteiger charge is 2.27. The standard InChI is InChI=1S/C39H30Cl2N4O3S2/c40-28-16-14-27(33(41)20-28)18-34(44-37(47)25-10-5-2-6-11-25)38(48)43-29-12-7-13-30(21-29)49-23-36(46)45-39-32(22-42)31-17-15-26(19-35(31)50-39)24-8-3-1-4-9-24/h1-14,16,18,20-21,26H,15,17,19,23H2,(H,43,48)(H,44,47)(H,45,46)/b34-18+. The lowest BCUT2D eigenvalue weighted by Crippen LogP contribution is -2.30. The number of carbonyl (C=O) groups is 3. The van der Waals surface area contributed by atoms with E-state index in [1.165, 1.54) is 34.7 Å². The zero-order valence-corrected chi connectivity index (χ0v) is 29.7. The van der Waals surface area contributed by atoms with E-state index in [0.29, 0.717) is 43.3 Å². The van der Waals surface area contributed by atoms with Gasteiger partial charge in [-0.05, 0) is 90.4 Å². The topological polar surface area (TPSA) is 111 Å². The van der Waals surface area contributed by atoms with E-state index < -0.39 is 11.8 Å². The molecule has 0 aliphatic heterocycles. The lowest BCUT2D eigenvalue weighted by Gasteiger charge is -2.22. The Bertz CT molecular complexity index is 2130. The molecule has 1 heterocycles. The molecule has 0 fully saturated rings. The number of thioether (sulfide) groups is 1. The number of hydrogen-bond acceptors (Lipinski definition) is 6. The van der Waals surface area contributed by atoms with Crippen LogP contribution in [0.4, 0.5) is 10.7 Å². The van der Waals surface area contributed by atoms with E-state index in [1.807, 2.05) is 24.3 Å². The Kier molecular flexibility index (Phi) is 11.4. The summed E-state index contributed by atoms with van der Waals surface area (Å²) in [6.07, 6.45) is 4.10. The summed E-state index contributed by atoms with van der Waals surface area (Å²) in [7, 11) is 0. The molecular formula is C39H30Cl2N4O3S2. The Labute approximate surface area is 308 Å². The summed E-state index contributed by atoms with van der Waals surface area (Å²) >= 11 is 15.2. The zero-order valence-electron chi connectivity index (χ0n) is 26.5. The molecule has 50 heavy (non-hydrogen) atoms. The van der Waals surface area contributed by atoms with Crippen molar-refractivity contribution < 1.29 is 14.4 Å². The largest absolute Gasteiger partial charge is 0.321 e. The highest BCUT2D eigenvalue weighted by atomic mass is 35.5. The third-order valence-corrected chi connectivity index (χ3v) is 10.9. The molecule has 3 amide bonds. The van der Waals surface area contributed by atoms with Gasteiger partial charge in [-0.3, -0.25) is 14.4 Å². The summed E-state index contributed by atoms with van der Waals surface area (Å²) in [6.45, 7) is 0. The molecule has 0 saturated carbocycles. The van der Waals surface area contributed by atoms with Gasteiger partial charge in [-0.25, -0.2) is 0 Å². The van der Waals surface area contributed by atoms with E-state index in [9.17, 15) is 19.6 Å². The second kappa shape index (κ2) is 16.2. The van der Waals surface area contributed by atoms with Crippen molar-refractivity contribution in [2.75, 3.05) is 16.4 Å². The van der Waals surface area contributed by atoms with E-state index in [2.05, 4.69) is 34.2 Å². The first-order valence-corrected chi connectivity index (χ1v) is 18.3. The van der Waals surface area contributed by atoms with Gasteiger partial charge in [0.05, 0.1) is 11.3 Å². The predicted molar refractivity (Wildman–Crippen MR) is 203 cm³/mol. The van der Waals surface area contributed by atoms with Crippen molar-refractivity contribution in [2.24, 2.45) is 0 Å². The van der Waals surface area contributed by atoms with Gasteiger partial charge in [-0.15, -0.1) is 23.1 Å². The molecule has 6 rings (SSSR count). The molecule has 1 aromatic heterocycles. The van der Waals surface area contributed by atoms with Gasteiger partial charge >= 0.3 is 0 Å². The Morgan fingerprint density at radius 3 is 2.42 bits per heavy atom. The highest BCUT2D eigenvalue weighted by molar-refractivity contribution is 8.00. The molecule has 1 atom stereocenters. The van der Waals surface area contributed by atoms with Gasteiger partial charge in [-0.1, -0.05) is 83.9 Å². The molecule has 0 radical (unpaired) electrons. The Morgan fingerprint density at radius 1 is 0.920 bits per heavy atom. The zero-order chi connectivity index (χ0) is 35.0. The van der Waals surface area contributed by atoms with Crippen molar-refractivity contribution in [3.8, 4) is 6.07 Å². The van der Waals surface area contributed by atoms with Crippen LogP contribution in [0.2, 0.25) is 10.0 Å². The second-order valence-corrected chi connectivity index (χ2v) is 14.5. The molecule has 1 unspecified atom stereocenters. The van der Waals surface area contributed by atoms with E-state index in [-0.39, 0.29) is 17.4 Å². The van der Waals surface area contributed by atoms with E-state index in [1.54, 1.807) is 66.7 Å². The van der Waals surface area contributed by atoms with Crippen molar-refractivity contribution >= 4 is 80.8 Å². The number of fused-ring (bicyclic) bond motifs is 1. The van der Waals surface area contributed by atoms with Crippen LogP contribution in [-0.2, 0) is 22.4 Å². The third kappa shape index (κ3) is 8.65. The number of benzene rings is 4. The average molecular weight is 738 g/mol. The lowest BCUT2D eigenvalue weighted by molar-refractivity contribution is -0.114. The minimum atomic E-state index is -0.569. The predicted octanol–water partition coefficient (Wildman–Crippen LogP) is 9.34. The first-order valence-electron chi connectivity index (χ1n) is 15.7. The minimum Gasteiger partial charge on any atom is -0.321 e. The number of nitrogens with one attached hydrogen (secondary N) is 3. The molecule has 5 aromatic rings. The van der Waals surface area contributed by atoms with Gasteiger partial charge in [0.25, 0.3) is 11.8 Å². The molecule has 250 valence electrons. The molecular weight excluding hydrogens is 707 g/mol. The Morgan fingerprint density at radius 2 is 1.68 bits per heavy atom. The average Bonchev–Trinajstić information content (AvgIpc) is 3.48. The molecule has 3 N–H and O–H groups in total. The maximum atomic E-state index is 13.5. The fourth-order valence-corrected chi connectivity index (χ4v) is 8.20. The fraction of sp³-hybridized carbons (Fsp3) is 0.128. The van der Waals surface area contributed by atoms with Crippen LogP contribution in [0.3, 0.4) is 0 Å². The van der Waals surface area contributed by atoms with Crippen LogP contribution in [-0.4, -0.2) is 23.5 Å². The summed E-state index contributed by atoms with van der Waals surface area (Å²) in [5.41, 5.74) is 4.21. The molecule has 0 bridgehead atoms. The quantitative estimate of drug-likeness (QED) is 0.0978. The van der Waals surface area contributed by atoms with E-state index >= 15 is 0 Å². The van der Waals surface area contributed by atoms with Crippen LogP contribution >= 0.6 is 46.3 Å². The number of anilines is 2. The van der Waals surface area contributed by atoms with Crippen LogP contribution < -0.4 is 16.0 Å². The van der Waals surface area contributed by atoms with Crippen molar-refractivity contribution in [3.05, 3.63) is 152 Å². The van der Waals surface area contributed by atoms with Crippen LogP contribution in [0.5, 0.6) is 0 Å². The number of nitrogens with zero attached hydrogens (tertiary/aromatic N) is 1. The summed E-state index contributed by atoms with van der Waals surface area (Å²) in [6, 6.07) is 33.2. The van der Waals surface area contributed by atoms with Gasteiger partial charge in [0.2, 0.25) is 5.91 Å². The Hall–Kier alpha value is -4.85. The number of thiophene rings is 1. The number of amides is 3. The molecule has 1 aliphatic carbocycles. The maximum absolute atomic E-state index is 13.5. The van der Waals surface area contributed by atoms with Crippen molar-refractivity contribution in [3.63, 3.8) is 0 Å². The molecule has 4 aromatic carbocycles. The number of nitriles is 1. The molecule has 7 nitrogen and oxygen atoms in total. The molecule has 0 saturated heterocycles. The normalized spacial score (nSPS) is 13.9. The van der Waals surface area contributed by atoms with Gasteiger partial charge in [0.1, 0.15) is 16.8 Å². The number of rotatable bonds is 10. The number of halogens is 2. The fourth-order valence-electron chi connectivity index (χ4n) is 5.69. The van der Waals surface area contributed by atoms with Crippen LogP contribution in [0, 0.1) is 11.3 Å². The molecule has 1 aliphatic rings. The summed E-state index contributed by atoms with van der Waals surface area (Å²) < 4.78 is 0. The van der Waals surface area contributed by atoms with E-state index in [4.69, 9.17) is 23.2 Å². The molecule has 0 spiro atoms. The highest BCUT2D eigenvalue weighted by Crippen LogP contribution is 2.42. The minimum absolute atomic E-state index is 0.0254. The number of carbonyl (C=O) groups excluding carboxylic acids is 3. The van der Waals surface area contributed by atoms with Crippen LogP contribution in [0.15, 0.2) is 114 Å². The second-order valence-electron chi connectivity index (χ2n) is 11.5. The monoisotopic (exact) mass is 736 g/mol. The first kappa shape index (κ1) is 35.0. The third-order valence-electron chi connectivity index (χ3n) is 8.15. The van der Waals surface area contributed by atoms with Crippen LogP contribution in [0.1, 0.15) is 49.8 Å². The first-order chi connectivity index (χ1) is 24.3. The molecule has 11 heteroatoms. The maximum Gasteiger partial charge on any atom is 0.272 e. The lowest BCUT2D eigenvalue weighted by atomic mass is 9.83. The smallest absolute Gasteiger partial charge is 0.272 e. The van der Waals surface area contributed by atoms with Gasteiger partial charge in [0.15, 0.2) is 0 Å². The van der Waals surface area contributed by atoms with E-state index in [0.717, 1.165) is 34.6 Å². The Balaban J connectivity index is 1.11. The summed E-state index contributed by atoms with van der Waals surface area (Å²) in [4.78, 5) is 41.5. The summed E-state index contributed by atoms with van der Waals surface area (Å²) in [5.74, 6) is -0.768. The SMILES string of the molecule is N#Cc1c(NC(=O)CSc2cccc(NC(=O)/C(=C\c3ccc(Cl)cc3Cl)NC(=O)c3ccccc3)c2)sc2c1CCC(c1ccccc1)C2. The number of hydrogen-bond donors (Lipinski definition) is 3. The van der Waals surface area contributed by atoms with Crippen molar-refractivity contribution in [2.45, 2.75) is 30.1 Å². The van der Waals surface area contributed by atoms with Gasteiger partial charge in [-0.2, -0.15) is 5.26 Å². The van der Waals surface area contributed by atoms with Gasteiger partial charge < -0.3 is 16.0 Å². The van der Waals surface area contributed by atoms with Crippen molar-refractivity contribution in [1.82, 2.24) is 5.32 Å². The van der Waals surface area contributed by atoms with Crippen molar-refractivity contribution in [1.29, 1.82) is 5.26 Å². The van der Waals surface area contributed by atoms with Gasteiger partial charge in [0, 0.05) is 31.1 Å². The summed E-state index contributed by atoms with van der Waals surface area (Å²) in [5, 5.41) is 19.8. The van der Waals surface area contributed by atoms with Crippen LogP contribution in [0.25, 0.3) is 6.08 Å².